The van der Waals surface area contributed by atoms with Crippen molar-refractivity contribution in [1.29, 1.82) is 0 Å². The molecule has 0 aliphatic carbocycles. The second-order valence-electron chi connectivity index (χ2n) is 4.25. The monoisotopic (exact) mass is 322 g/mol. The third-order valence-corrected chi connectivity index (χ3v) is 3.93. The largest absolute Gasteiger partial charge is 0.497 e. The van der Waals surface area contributed by atoms with Crippen molar-refractivity contribution in [1.82, 2.24) is 0 Å². The van der Waals surface area contributed by atoms with Gasteiger partial charge in [-0.3, -0.25) is 4.79 Å². The van der Waals surface area contributed by atoms with Crippen molar-refractivity contribution in [3.05, 3.63) is 47.5 Å². The number of nitrogens with two attached hydrogens (primary N) is 1. The molecule has 0 aliphatic rings. The zero-order valence-corrected chi connectivity index (χ0v) is 13.0. The molecule has 0 atom stereocenters. The highest BCUT2D eigenvalue weighted by Gasteiger charge is 2.07. The number of amides is 1. The van der Waals surface area contributed by atoms with Crippen molar-refractivity contribution >= 4 is 40.6 Å². The number of hydrogen-bond acceptors (Lipinski definition) is 4. The van der Waals surface area contributed by atoms with E-state index in [0.717, 1.165) is 10.6 Å². The molecule has 1 amide bonds. The molecule has 2 aromatic rings. The molecule has 110 valence electrons. The highest BCUT2D eigenvalue weighted by Crippen LogP contribution is 2.25. The smallest absolute Gasteiger partial charge is 0.234 e. The summed E-state index contributed by atoms with van der Waals surface area (Å²) in [6.07, 6.45) is 0. The molecule has 6 heteroatoms. The predicted octanol–water partition coefficient (Wildman–Crippen LogP) is 3.66. The first kappa shape index (κ1) is 15.5. The highest BCUT2D eigenvalue weighted by atomic mass is 35.5. The van der Waals surface area contributed by atoms with Crippen LogP contribution in [0.4, 0.5) is 11.4 Å². The highest BCUT2D eigenvalue weighted by molar-refractivity contribution is 8.00. The molecule has 4 nitrogen and oxygen atoms in total. The number of nitrogen functional groups attached to an aromatic ring is 1. The molecule has 21 heavy (non-hydrogen) atoms. The van der Waals surface area contributed by atoms with Crippen LogP contribution in [-0.4, -0.2) is 18.8 Å². The minimum Gasteiger partial charge on any atom is -0.497 e. The Morgan fingerprint density at radius 1 is 1.33 bits per heavy atom. The van der Waals surface area contributed by atoms with Gasteiger partial charge in [0.1, 0.15) is 5.75 Å². The fourth-order valence-electron chi connectivity index (χ4n) is 1.67. The Bertz CT molecular complexity index is 649. The number of hydrogen-bond donors (Lipinski definition) is 2. The van der Waals surface area contributed by atoms with Gasteiger partial charge in [-0.25, -0.2) is 0 Å². The molecule has 0 spiro atoms. The van der Waals surface area contributed by atoms with Gasteiger partial charge >= 0.3 is 0 Å². The van der Waals surface area contributed by atoms with E-state index in [1.54, 1.807) is 25.3 Å². The minimum absolute atomic E-state index is 0.128. The second-order valence-corrected chi connectivity index (χ2v) is 5.73. The molecule has 0 radical (unpaired) electrons. The quantitative estimate of drug-likeness (QED) is 0.651. The zero-order chi connectivity index (χ0) is 15.2. The van der Waals surface area contributed by atoms with E-state index in [0.29, 0.717) is 16.4 Å². The first-order valence-electron chi connectivity index (χ1n) is 6.20. The fourth-order valence-corrected chi connectivity index (χ4v) is 2.60. The molecule has 0 bridgehead atoms. The van der Waals surface area contributed by atoms with E-state index < -0.39 is 0 Å². The molecule has 0 saturated heterocycles. The van der Waals surface area contributed by atoms with E-state index in [1.165, 1.54) is 11.8 Å². The summed E-state index contributed by atoms with van der Waals surface area (Å²) in [4.78, 5) is 12.9. The first-order chi connectivity index (χ1) is 10.1. The van der Waals surface area contributed by atoms with Crippen LogP contribution in [0, 0.1) is 0 Å². The van der Waals surface area contributed by atoms with Crippen molar-refractivity contribution in [2.24, 2.45) is 0 Å². The standard InChI is InChI=1S/C15H15ClN2O2S/c1-20-11-3-2-4-12(8-11)21-9-15(19)18-14-6-5-10(16)7-13(14)17/h2-8H,9,17H2,1H3,(H,18,19). The van der Waals surface area contributed by atoms with Crippen LogP contribution in [0.2, 0.25) is 5.02 Å². The van der Waals surface area contributed by atoms with Crippen LogP contribution in [0.1, 0.15) is 0 Å². The zero-order valence-electron chi connectivity index (χ0n) is 11.4. The van der Waals surface area contributed by atoms with Crippen LogP contribution in [0.25, 0.3) is 0 Å². The van der Waals surface area contributed by atoms with Gasteiger partial charge in [0.2, 0.25) is 5.91 Å². The van der Waals surface area contributed by atoms with Crippen molar-refractivity contribution in [2.75, 3.05) is 23.9 Å². The van der Waals surface area contributed by atoms with Gasteiger partial charge in [-0.1, -0.05) is 17.7 Å². The van der Waals surface area contributed by atoms with Gasteiger partial charge in [-0.2, -0.15) is 0 Å². The third-order valence-electron chi connectivity index (χ3n) is 2.70. The maximum atomic E-state index is 11.9. The second kappa shape index (κ2) is 7.24. The molecule has 0 fully saturated rings. The number of anilines is 2. The Hall–Kier alpha value is -1.85. The SMILES string of the molecule is COc1cccc(SCC(=O)Nc2ccc(Cl)cc2N)c1. The number of nitrogens with one attached hydrogen (secondary N) is 1. The normalized spacial score (nSPS) is 10.2. The lowest BCUT2D eigenvalue weighted by Gasteiger charge is -2.08. The molecular formula is C15H15ClN2O2S. The Kier molecular flexibility index (Phi) is 5.36. The average molecular weight is 323 g/mol. The number of benzene rings is 2. The van der Waals surface area contributed by atoms with Crippen LogP contribution in [0.15, 0.2) is 47.4 Å². The molecule has 0 saturated carbocycles. The van der Waals surface area contributed by atoms with Crippen LogP contribution in [0.3, 0.4) is 0 Å². The number of thioether (sulfide) groups is 1. The predicted molar refractivity (Wildman–Crippen MR) is 88.2 cm³/mol. The van der Waals surface area contributed by atoms with Gasteiger partial charge in [0, 0.05) is 9.92 Å². The minimum atomic E-state index is -0.128. The summed E-state index contributed by atoms with van der Waals surface area (Å²) in [7, 11) is 1.61. The number of methoxy groups -OCH3 is 1. The maximum Gasteiger partial charge on any atom is 0.234 e. The van der Waals surface area contributed by atoms with E-state index in [2.05, 4.69) is 5.32 Å². The van der Waals surface area contributed by atoms with Crippen molar-refractivity contribution in [2.45, 2.75) is 4.90 Å². The van der Waals surface area contributed by atoms with Crippen LogP contribution in [0.5, 0.6) is 5.75 Å². The summed E-state index contributed by atoms with van der Waals surface area (Å²) in [5.74, 6) is 0.925. The van der Waals surface area contributed by atoms with Crippen molar-refractivity contribution in [3.8, 4) is 5.75 Å². The Labute approximate surface area is 132 Å². The number of carbonyl (C=O) groups is 1. The molecule has 0 aromatic heterocycles. The number of halogens is 1. The topological polar surface area (TPSA) is 64.3 Å². The van der Waals surface area contributed by atoms with Gasteiger partial charge in [-0.15, -0.1) is 11.8 Å². The van der Waals surface area contributed by atoms with E-state index >= 15 is 0 Å². The number of ether oxygens (including phenoxy) is 1. The molecule has 0 unspecified atom stereocenters. The lowest BCUT2D eigenvalue weighted by atomic mass is 10.2. The van der Waals surface area contributed by atoms with E-state index in [9.17, 15) is 4.79 Å². The first-order valence-corrected chi connectivity index (χ1v) is 7.56. The van der Waals surface area contributed by atoms with Gasteiger partial charge in [0.05, 0.1) is 24.2 Å². The third kappa shape index (κ3) is 4.58. The summed E-state index contributed by atoms with van der Waals surface area (Å²) in [6.45, 7) is 0. The molecular weight excluding hydrogens is 308 g/mol. The average Bonchev–Trinajstić information content (AvgIpc) is 2.48. The van der Waals surface area contributed by atoms with Gasteiger partial charge in [0.15, 0.2) is 0 Å². The van der Waals surface area contributed by atoms with Gasteiger partial charge in [-0.05, 0) is 36.4 Å². The summed E-state index contributed by atoms with van der Waals surface area (Å²) in [6, 6.07) is 12.5. The van der Waals surface area contributed by atoms with Gasteiger partial charge in [0.25, 0.3) is 0 Å². The molecule has 0 heterocycles. The molecule has 0 aliphatic heterocycles. The molecule has 2 aromatic carbocycles. The molecule has 2 rings (SSSR count). The Morgan fingerprint density at radius 3 is 2.86 bits per heavy atom. The maximum absolute atomic E-state index is 11.9. The van der Waals surface area contributed by atoms with E-state index in [-0.39, 0.29) is 11.7 Å². The number of carbonyl (C=O) groups excluding carboxylic acids is 1. The van der Waals surface area contributed by atoms with Gasteiger partial charge < -0.3 is 15.8 Å². The Balaban J connectivity index is 1.92. The van der Waals surface area contributed by atoms with Crippen molar-refractivity contribution in [3.63, 3.8) is 0 Å². The number of rotatable bonds is 5. The van der Waals surface area contributed by atoms with E-state index in [1.807, 2.05) is 24.3 Å². The van der Waals surface area contributed by atoms with Crippen LogP contribution >= 0.6 is 23.4 Å². The summed E-state index contributed by atoms with van der Waals surface area (Å²) in [5, 5.41) is 3.30. The lowest BCUT2D eigenvalue weighted by Crippen LogP contribution is -2.15. The molecule has 3 N–H and O–H groups in total. The summed E-state index contributed by atoms with van der Waals surface area (Å²) < 4.78 is 5.14. The van der Waals surface area contributed by atoms with Crippen LogP contribution in [-0.2, 0) is 4.79 Å². The van der Waals surface area contributed by atoms with E-state index in [4.69, 9.17) is 22.1 Å². The summed E-state index contributed by atoms with van der Waals surface area (Å²) >= 11 is 7.24. The van der Waals surface area contributed by atoms with Crippen LogP contribution < -0.4 is 15.8 Å². The Morgan fingerprint density at radius 2 is 2.14 bits per heavy atom. The fraction of sp³-hybridized carbons (Fsp3) is 0.133. The van der Waals surface area contributed by atoms with Crippen molar-refractivity contribution < 1.29 is 9.53 Å². The summed E-state index contributed by atoms with van der Waals surface area (Å²) in [5.41, 5.74) is 6.80. The lowest BCUT2D eigenvalue weighted by molar-refractivity contribution is -0.113.